The monoisotopic (exact) mass is 396 g/mol. The molecule has 1 aromatic heterocycles. The lowest BCUT2D eigenvalue weighted by molar-refractivity contribution is -0.119. The van der Waals surface area contributed by atoms with E-state index in [1.165, 1.54) is 6.33 Å². The molecule has 3 aromatic rings. The van der Waals surface area contributed by atoms with Crippen LogP contribution in [0.25, 0.3) is 5.69 Å². The van der Waals surface area contributed by atoms with Crippen LogP contribution in [-0.2, 0) is 11.2 Å². The van der Waals surface area contributed by atoms with Gasteiger partial charge in [0.25, 0.3) is 0 Å². The van der Waals surface area contributed by atoms with Crippen molar-refractivity contribution in [1.82, 2.24) is 25.5 Å². The minimum atomic E-state index is -0.0855. The fourth-order valence-corrected chi connectivity index (χ4v) is 2.84. The molecular weight excluding hydrogens is 372 g/mol. The van der Waals surface area contributed by atoms with Crippen molar-refractivity contribution in [3.05, 3.63) is 53.9 Å². The number of aromatic nitrogens is 4. The largest absolute Gasteiger partial charge is 0.493 e. The van der Waals surface area contributed by atoms with E-state index in [4.69, 9.17) is 9.47 Å². The van der Waals surface area contributed by atoms with Crippen molar-refractivity contribution in [2.75, 3.05) is 32.6 Å². The van der Waals surface area contributed by atoms with Crippen LogP contribution < -0.4 is 20.1 Å². The number of amides is 1. The highest BCUT2D eigenvalue weighted by molar-refractivity contribution is 5.81. The lowest BCUT2D eigenvalue weighted by Gasteiger charge is -2.12. The molecule has 0 spiro atoms. The van der Waals surface area contributed by atoms with E-state index in [1.807, 2.05) is 43.3 Å². The molecule has 2 aromatic carbocycles. The van der Waals surface area contributed by atoms with Gasteiger partial charge in [-0.2, -0.15) is 0 Å². The van der Waals surface area contributed by atoms with Gasteiger partial charge in [-0.3, -0.25) is 4.79 Å². The Balaban J connectivity index is 1.50. The van der Waals surface area contributed by atoms with Gasteiger partial charge in [0.05, 0.1) is 26.5 Å². The van der Waals surface area contributed by atoms with E-state index in [0.29, 0.717) is 24.5 Å². The van der Waals surface area contributed by atoms with Gasteiger partial charge in [-0.1, -0.05) is 12.1 Å². The van der Waals surface area contributed by atoms with E-state index >= 15 is 0 Å². The third-order valence-electron chi connectivity index (χ3n) is 4.46. The Labute approximate surface area is 169 Å². The summed E-state index contributed by atoms with van der Waals surface area (Å²) in [5.41, 5.74) is 3.76. The summed E-state index contributed by atoms with van der Waals surface area (Å²) in [7, 11) is 3.20. The zero-order valence-electron chi connectivity index (χ0n) is 16.7. The van der Waals surface area contributed by atoms with E-state index in [0.717, 1.165) is 22.5 Å². The topological polar surface area (TPSA) is 103 Å². The molecule has 0 radical (unpaired) electrons. The Morgan fingerprint density at radius 3 is 2.66 bits per heavy atom. The quantitative estimate of drug-likeness (QED) is 0.568. The van der Waals surface area contributed by atoms with Crippen LogP contribution in [0.1, 0.15) is 11.1 Å². The normalized spacial score (nSPS) is 10.4. The smallest absolute Gasteiger partial charge is 0.239 e. The highest BCUT2D eigenvalue weighted by Gasteiger charge is 2.07. The lowest BCUT2D eigenvalue weighted by atomic mass is 10.1. The summed E-state index contributed by atoms with van der Waals surface area (Å²) < 4.78 is 12.1. The molecule has 0 aliphatic rings. The molecule has 29 heavy (non-hydrogen) atoms. The lowest BCUT2D eigenvalue weighted by Crippen LogP contribution is -2.31. The third-order valence-corrected chi connectivity index (χ3v) is 4.46. The predicted molar refractivity (Wildman–Crippen MR) is 109 cm³/mol. The Kier molecular flexibility index (Phi) is 6.62. The second-order valence-corrected chi connectivity index (χ2v) is 6.40. The second-order valence-electron chi connectivity index (χ2n) is 6.40. The number of ether oxygens (including phenoxy) is 2. The molecule has 0 fully saturated rings. The molecule has 0 bridgehead atoms. The average Bonchev–Trinajstić information content (AvgIpc) is 3.28. The maximum Gasteiger partial charge on any atom is 0.239 e. The van der Waals surface area contributed by atoms with Gasteiger partial charge in [0.1, 0.15) is 6.33 Å². The number of nitrogens with one attached hydrogen (secondary N) is 2. The highest BCUT2D eigenvalue weighted by Crippen LogP contribution is 2.27. The van der Waals surface area contributed by atoms with Crippen molar-refractivity contribution in [3.8, 4) is 17.2 Å². The number of carbonyl (C=O) groups excluding carboxylic acids is 1. The molecule has 0 atom stereocenters. The van der Waals surface area contributed by atoms with Crippen LogP contribution in [0.4, 0.5) is 5.69 Å². The molecule has 3 rings (SSSR count). The molecule has 152 valence electrons. The summed E-state index contributed by atoms with van der Waals surface area (Å²) in [5, 5.41) is 17.2. The van der Waals surface area contributed by atoms with E-state index in [9.17, 15) is 4.79 Å². The summed E-state index contributed by atoms with van der Waals surface area (Å²) in [6, 6.07) is 11.5. The predicted octanol–water partition coefficient (Wildman–Crippen LogP) is 1.76. The van der Waals surface area contributed by atoms with Crippen molar-refractivity contribution in [2.45, 2.75) is 13.3 Å². The van der Waals surface area contributed by atoms with E-state index in [-0.39, 0.29) is 12.5 Å². The Bertz CT molecular complexity index is 959. The van der Waals surface area contributed by atoms with Crippen LogP contribution in [0.5, 0.6) is 11.5 Å². The van der Waals surface area contributed by atoms with Crippen LogP contribution in [-0.4, -0.2) is 53.4 Å². The van der Waals surface area contributed by atoms with Gasteiger partial charge in [-0.25, -0.2) is 4.68 Å². The second kappa shape index (κ2) is 9.54. The van der Waals surface area contributed by atoms with Crippen LogP contribution >= 0.6 is 0 Å². The number of carbonyl (C=O) groups is 1. The van der Waals surface area contributed by atoms with Crippen LogP contribution in [0, 0.1) is 6.92 Å². The van der Waals surface area contributed by atoms with Crippen LogP contribution in [0.3, 0.4) is 0 Å². The molecule has 9 nitrogen and oxygen atoms in total. The summed E-state index contributed by atoms with van der Waals surface area (Å²) in [6.45, 7) is 2.67. The maximum absolute atomic E-state index is 12.2. The zero-order valence-corrected chi connectivity index (χ0v) is 16.7. The molecule has 0 aliphatic heterocycles. The third kappa shape index (κ3) is 5.22. The summed E-state index contributed by atoms with van der Waals surface area (Å²) in [5.74, 6) is 1.28. The number of rotatable bonds is 9. The Morgan fingerprint density at radius 1 is 1.10 bits per heavy atom. The first-order valence-electron chi connectivity index (χ1n) is 9.16. The molecular formula is C20H24N6O3. The van der Waals surface area contributed by atoms with Gasteiger partial charge in [0.2, 0.25) is 5.91 Å². The fraction of sp³-hybridized carbons (Fsp3) is 0.300. The van der Waals surface area contributed by atoms with Gasteiger partial charge in [0, 0.05) is 12.2 Å². The minimum Gasteiger partial charge on any atom is -0.493 e. The summed E-state index contributed by atoms with van der Waals surface area (Å²) >= 11 is 0. The number of methoxy groups -OCH3 is 2. The molecule has 0 unspecified atom stereocenters. The maximum atomic E-state index is 12.2. The number of benzene rings is 2. The van der Waals surface area contributed by atoms with Crippen molar-refractivity contribution < 1.29 is 14.3 Å². The zero-order chi connectivity index (χ0) is 20.6. The Morgan fingerprint density at radius 2 is 1.93 bits per heavy atom. The molecule has 0 saturated carbocycles. The van der Waals surface area contributed by atoms with Crippen molar-refractivity contribution in [3.63, 3.8) is 0 Å². The van der Waals surface area contributed by atoms with Gasteiger partial charge in [-0.05, 0) is 59.2 Å². The molecule has 1 amide bonds. The van der Waals surface area contributed by atoms with E-state index in [2.05, 4.69) is 26.2 Å². The molecule has 2 N–H and O–H groups in total. The van der Waals surface area contributed by atoms with Crippen molar-refractivity contribution >= 4 is 11.6 Å². The summed E-state index contributed by atoms with van der Waals surface area (Å²) in [6.07, 6.45) is 2.22. The van der Waals surface area contributed by atoms with Crippen LogP contribution in [0.2, 0.25) is 0 Å². The van der Waals surface area contributed by atoms with Gasteiger partial charge >= 0.3 is 0 Å². The number of hydrogen-bond acceptors (Lipinski definition) is 7. The first-order chi connectivity index (χ1) is 14.1. The first-order valence-corrected chi connectivity index (χ1v) is 9.16. The number of hydrogen-bond donors (Lipinski definition) is 2. The van der Waals surface area contributed by atoms with Crippen molar-refractivity contribution in [2.24, 2.45) is 0 Å². The van der Waals surface area contributed by atoms with E-state index in [1.54, 1.807) is 18.9 Å². The molecule has 0 saturated heterocycles. The molecule has 1 heterocycles. The first kappa shape index (κ1) is 20.1. The number of aryl methyl sites for hydroxylation is 1. The number of anilines is 1. The van der Waals surface area contributed by atoms with E-state index < -0.39 is 0 Å². The van der Waals surface area contributed by atoms with Crippen molar-refractivity contribution in [1.29, 1.82) is 0 Å². The summed E-state index contributed by atoms with van der Waals surface area (Å²) in [4.78, 5) is 12.2. The average molecular weight is 396 g/mol. The Hall–Kier alpha value is -3.62. The van der Waals surface area contributed by atoms with Gasteiger partial charge in [-0.15, -0.1) is 5.10 Å². The molecule has 9 heteroatoms. The number of nitrogens with zero attached hydrogens (tertiary/aromatic N) is 4. The minimum absolute atomic E-state index is 0.0855. The van der Waals surface area contributed by atoms with Crippen LogP contribution in [0.15, 0.2) is 42.7 Å². The standard InChI is InChI=1S/C20H24N6O3/c1-14-4-6-16(26-13-23-24-25-26)11-17(14)22-12-20(27)21-9-8-15-5-7-18(28-2)19(10-15)29-3/h4-7,10-11,13,22H,8-9,12H2,1-3H3,(H,21,27). The molecule has 0 aliphatic carbocycles. The highest BCUT2D eigenvalue weighted by atomic mass is 16.5. The SMILES string of the molecule is COc1ccc(CCNC(=O)CNc2cc(-n3cnnn3)ccc2C)cc1OC. The number of tetrazole rings is 1. The van der Waals surface area contributed by atoms with Gasteiger partial charge < -0.3 is 20.1 Å². The fourth-order valence-electron chi connectivity index (χ4n) is 2.84. The van der Waals surface area contributed by atoms with Gasteiger partial charge in [0.15, 0.2) is 11.5 Å².